The first kappa shape index (κ1) is 13.6. The third-order valence-corrected chi connectivity index (χ3v) is 3.59. The van der Waals surface area contributed by atoms with Gasteiger partial charge in [-0.25, -0.2) is 0 Å². The second-order valence-corrected chi connectivity index (χ2v) is 4.79. The molecule has 1 N–H and O–H groups in total. The Morgan fingerprint density at radius 1 is 1.38 bits per heavy atom. The Kier molecular flexibility index (Phi) is 6.53. The van der Waals surface area contributed by atoms with Crippen LogP contribution in [0.4, 0.5) is 0 Å². The summed E-state index contributed by atoms with van der Waals surface area (Å²) in [5, 5.41) is 9.87. The highest BCUT2D eigenvalue weighted by Gasteiger charge is 2.09. The summed E-state index contributed by atoms with van der Waals surface area (Å²) in [5.41, 5.74) is 1.05. The molecule has 0 spiro atoms. The summed E-state index contributed by atoms with van der Waals surface area (Å²) in [4.78, 5) is 1.19. The summed E-state index contributed by atoms with van der Waals surface area (Å²) in [6, 6.07) is 8.08. The molecule has 0 unspecified atom stereocenters. The highest BCUT2D eigenvalue weighted by atomic mass is 32.2. The van der Waals surface area contributed by atoms with Gasteiger partial charge in [0, 0.05) is 24.4 Å². The van der Waals surface area contributed by atoms with Crippen LogP contribution in [-0.4, -0.2) is 24.6 Å². The molecule has 0 aliphatic carbocycles. The fraction of sp³-hybridized carbons (Fsp3) is 0.538. The molecule has 0 aromatic heterocycles. The third kappa shape index (κ3) is 4.16. The normalized spacial score (nSPS) is 12.7. The molecule has 0 heterocycles. The molecule has 1 atom stereocenters. The van der Waals surface area contributed by atoms with Gasteiger partial charge in [-0.1, -0.05) is 25.1 Å². The average molecular weight is 240 g/mol. The third-order valence-electron chi connectivity index (χ3n) is 2.42. The van der Waals surface area contributed by atoms with Crippen molar-refractivity contribution >= 4 is 11.8 Å². The van der Waals surface area contributed by atoms with Gasteiger partial charge in [0.1, 0.15) is 0 Å². The van der Waals surface area contributed by atoms with Gasteiger partial charge < -0.3 is 9.84 Å². The van der Waals surface area contributed by atoms with Gasteiger partial charge in [0.25, 0.3) is 0 Å². The maximum absolute atomic E-state index is 9.87. The quantitative estimate of drug-likeness (QED) is 0.586. The summed E-state index contributed by atoms with van der Waals surface area (Å²) in [5.74, 6) is 1.03. The van der Waals surface area contributed by atoms with E-state index < -0.39 is 0 Å². The zero-order chi connectivity index (χ0) is 11.8. The fourth-order valence-electron chi connectivity index (χ4n) is 1.49. The Morgan fingerprint density at radius 2 is 2.12 bits per heavy atom. The smallest absolute Gasteiger partial charge is 0.0798 e. The molecule has 0 bridgehead atoms. The standard InChI is InChI=1S/C13H20O2S/c1-3-12(14)11-7-4-5-8-13(11)16-10-6-9-15-2/h4-5,7-8,12,14H,3,6,9-10H2,1-2H3/t12-/m1/s1. The van der Waals surface area contributed by atoms with Crippen LogP contribution in [0.25, 0.3) is 0 Å². The van der Waals surface area contributed by atoms with Crippen LogP contribution >= 0.6 is 11.8 Å². The molecular weight excluding hydrogens is 220 g/mol. The highest BCUT2D eigenvalue weighted by molar-refractivity contribution is 7.99. The lowest BCUT2D eigenvalue weighted by molar-refractivity contribution is 0.171. The summed E-state index contributed by atoms with van der Waals surface area (Å²) in [7, 11) is 1.72. The van der Waals surface area contributed by atoms with E-state index in [0.29, 0.717) is 0 Å². The number of methoxy groups -OCH3 is 1. The maximum Gasteiger partial charge on any atom is 0.0798 e. The van der Waals surface area contributed by atoms with Crippen molar-refractivity contribution in [3.8, 4) is 0 Å². The van der Waals surface area contributed by atoms with Crippen molar-refractivity contribution in [1.29, 1.82) is 0 Å². The van der Waals surface area contributed by atoms with Crippen LogP contribution in [0, 0.1) is 0 Å². The highest BCUT2D eigenvalue weighted by Crippen LogP contribution is 2.29. The number of hydrogen-bond donors (Lipinski definition) is 1. The van der Waals surface area contributed by atoms with Gasteiger partial charge >= 0.3 is 0 Å². The first-order chi connectivity index (χ1) is 7.79. The molecule has 2 nitrogen and oxygen atoms in total. The van der Waals surface area contributed by atoms with Gasteiger partial charge in [-0.3, -0.25) is 0 Å². The van der Waals surface area contributed by atoms with E-state index in [1.54, 1.807) is 18.9 Å². The zero-order valence-electron chi connectivity index (χ0n) is 9.98. The van der Waals surface area contributed by atoms with Crippen LogP contribution in [0.15, 0.2) is 29.2 Å². The molecule has 3 heteroatoms. The number of rotatable bonds is 7. The van der Waals surface area contributed by atoms with Crippen molar-refractivity contribution in [1.82, 2.24) is 0 Å². The fourth-order valence-corrected chi connectivity index (χ4v) is 2.52. The van der Waals surface area contributed by atoms with E-state index in [4.69, 9.17) is 4.74 Å². The predicted octanol–water partition coefficient (Wildman–Crippen LogP) is 3.26. The lowest BCUT2D eigenvalue weighted by Gasteiger charge is -2.13. The Morgan fingerprint density at radius 3 is 2.81 bits per heavy atom. The van der Waals surface area contributed by atoms with E-state index in [1.165, 1.54) is 4.90 Å². The van der Waals surface area contributed by atoms with E-state index in [2.05, 4.69) is 6.07 Å². The second kappa shape index (κ2) is 7.71. The molecule has 0 saturated carbocycles. The molecular formula is C13H20O2S. The Balaban J connectivity index is 2.57. The summed E-state index contributed by atoms with van der Waals surface area (Å²) in [6.07, 6.45) is 1.46. The maximum atomic E-state index is 9.87. The Hall–Kier alpha value is -0.510. The van der Waals surface area contributed by atoms with Crippen LogP contribution < -0.4 is 0 Å². The molecule has 0 aliphatic heterocycles. The SMILES string of the molecule is CC[C@@H](O)c1ccccc1SCCCOC. The lowest BCUT2D eigenvalue weighted by atomic mass is 10.1. The predicted molar refractivity (Wildman–Crippen MR) is 68.9 cm³/mol. The minimum Gasteiger partial charge on any atom is -0.388 e. The van der Waals surface area contributed by atoms with Crippen LogP contribution in [0.5, 0.6) is 0 Å². The van der Waals surface area contributed by atoms with Crippen molar-refractivity contribution in [3.63, 3.8) is 0 Å². The van der Waals surface area contributed by atoms with Crippen LogP contribution in [0.2, 0.25) is 0 Å². The van der Waals surface area contributed by atoms with Gasteiger partial charge in [-0.15, -0.1) is 11.8 Å². The van der Waals surface area contributed by atoms with Crippen molar-refractivity contribution in [2.45, 2.75) is 30.8 Å². The first-order valence-electron chi connectivity index (χ1n) is 5.68. The summed E-state index contributed by atoms with van der Waals surface area (Å²) < 4.78 is 5.02. The molecule has 1 rings (SSSR count). The van der Waals surface area contributed by atoms with Crippen LogP contribution in [0.1, 0.15) is 31.4 Å². The monoisotopic (exact) mass is 240 g/mol. The van der Waals surface area contributed by atoms with Gasteiger partial charge in [0.15, 0.2) is 0 Å². The zero-order valence-corrected chi connectivity index (χ0v) is 10.8. The molecule has 0 radical (unpaired) electrons. The van der Waals surface area contributed by atoms with E-state index >= 15 is 0 Å². The molecule has 0 saturated heterocycles. The number of aliphatic hydroxyl groups excluding tert-OH is 1. The van der Waals surface area contributed by atoms with E-state index in [-0.39, 0.29) is 6.10 Å². The Bertz CT molecular complexity index is 302. The molecule has 0 aliphatic rings. The minimum atomic E-state index is -0.342. The number of aliphatic hydroxyl groups is 1. The second-order valence-electron chi connectivity index (χ2n) is 3.66. The average Bonchev–Trinajstić information content (AvgIpc) is 2.34. The van der Waals surface area contributed by atoms with Gasteiger partial charge in [-0.2, -0.15) is 0 Å². The van der Waals surface area contributed by atoms with E-state index in [0.717, 1.165) is 30.8 Å². The van der Waals surface area contributed by atoms with Crippen LogP contribution in [0.3, 0.4) is 0 Å². The van der Waals surface area contributed by atoms with Crippen molar-refractivity contribution < 1.29 is 9.84 Å². The van der Waals surface area contributed by atoms with Gasteiger partial charge in [0.05, 0.1) is 6.10 Å². The van der Waals surface area contributed by atoms with E-state index in [9.17, 15) is 5.11 Å². The minimum absolute atomic E-state index is 0.342. The number of benzene rings is 1. The largest absolute Gasteiger partial charge is 0.388 e. The molecule has 1 aromatic carbocycles. The van der Waals surface area contributed by atoms with Crippen molar-refractivity contribution in [2.75, 3.05) is 19.5 Å². The molecule has 0 fully saturated rings. The molecule has 16 heavy (non-hydrogen) atoms. The molecule has 1 aromatic rings. The van der Waals surface area contributed by atoms with E-state index in [1.807, 2.05) is 25.1 Å². The summed E-state index contributed by atoms with van der Waals surface area (Å²) in [6.45, 7) is 2.79. The Labute approximate surface area is 102 Å². The number of thioether (sulfide) groups is 1. The number of hydrogen-bond acceptors (Lipinski definition) is 3. The lowest BCUT2D eigenvalue weighted by Crippen LogP contribution is -1.98. The summed E-state index contributed by atoms with van der Waals surface area (Å²) >= 11 is 1.79. The van der Waals surface area contributed by atoms with Crippen molar-refractivity contribution in [3.05, 3.63) is 29.8 Å². The topological polar surface area (TPSA) is 29.5 Å². The molecule has 90 valence electrons. The molecule has 0 amide bonds. The first-order valence-corrected chi connectivity index (χ1v) is 6.66. The van der Waals surface area contributed by atoms with Gasteiger partial charge in [0.2, 0.25) is 0 Å². The van der Waals surface area contributed by atoms with Crippen LogP contribution in [-0.2, 0) is 4.74 Å². The van der Waals surface area contributed by atoms with Crippen molar-refractivity contribution in [2.24, 2.45) is 0 Å². The number of ether oxygens (including phenoxy) is 1. The van der Waals surface area contributed by atoms with Gasteiger partial charge in [-0.05, 0) is 24.5 Å².